The van der Waals surface area contributed by atoms with E-state index in [0.29, 0.717) is 18.7 Å². The molecule has 2 aromatic rings. The van der Waals surface area contributed by atoms with Crippen molar-refractivity contribution in [3.8, 4) is 0 Å². The van der Waals surface area contributed by atoms with Gasteiger partial charge in [-0.25, -0.2) is 17.6 Å². The van der Waals surface area contributed by atoms with Crippen molar-refractivity contribution >= 4 is 11.4 Å². The lowest BCUT2D eigenvalue weighted by Gasteiger charge is -2.21. The SMILES string of the molecule is CCc1ccc2c(c1)CCN2c1c(F)c(F)cc(F)c1F. The molecule has 5 heteroatoms. The van der Waals surface area contributed by atoms with Crippen molar-refractivity contribution in [3.63, 3.8) is 0 Å². The first-order valence-electron chi connectivity index (χ1n) is 6.75. The Kier molecular flexibility index (Phi) is 3.35. The lowest BCUT2D eigenvalue weighted by atomic mass is 10.1. The summed E-state index contributed by atoms with van der Waals surface area (Å²) in [5, 5.41) is 0. The molecule has 0 spiro atoms. The van der Waals surface area contributed by atoms with E-state index in [4.69, 9.17) is 0 Å². The molecular formula is C16H13F4N. The highest BCUT2D eigenvalue weighted by Gasteiger charge is 2.29. The summed E-state index contributed by atoms with van der Waals surface area (Å²) >= 11 is 0. The van der Waals surface area contributed by atoms with Gasteiger partial charge in [-0.1, -0.05) is 19.1 Å². The number of hydrogen-bond acceptors (Lipinski definition) is 1. The topological polar surface area (TPSA) is 3.24 Å². The van der Waals surface area contributed by atoms with Crippen LogP contribution in [0.15, 0.2) is 24.3 Å². The number of benzene rings is 2. The minimum Gasteiger partial charge on any atom is -0.336 e. The Balaban J connectivity index is 2.14. The second-order valence-corrected chi connectivity index (χ2v) is 5.04. The number of anilines is 2. The first-order chi connectivity index (χ1) is 10.0. The Morgan fingerprint density at radius 1 is 1.00 bits per heavy atom. The van der Waals surface area contributed by atoms with E-state index in [1.54, 1.807) is 6.07 Å². The molecule has 1 aliphatic rings. The molecule has 110 valence electrons. The van der Waals surface area contributed by atoms with Crippen LogP contribution in [-0.4, -0.2) is 6.54 Å². The van der Waals surface area contributed by atoms with Gasteiger partial charge in [0, 0.05) is 18.3 Å². The fourth-order valence-corrected chi connectivity index (χ4v) is 2.70. The van der Waals surface area contributed by atoms with E-state index in [2.05, 4.69) is 0 Å². The monoisotopic (exact) mass is 295 g/mol. The van der Waals surface area contributed by atoms with Crippen LogP contribution in [0.1, 0.15) is 18.1 Å². The van der Waals surface area contributed by atoms with E-state index in [0.717, 1.165) is 17.5 Å². The summed E-state index contributed by atoms with van der Waals surface area (Å²) in [4.78, 5) is 1.30. The third-order valence-electron chi connectivity index (χ3n) is 3.81. The summed E-state index contributed by atoms with van der Waals surface area (Å²) in [5.74, 6) is -5.49. The summed E-state index contributed by atoms with van der Waals surface area (Å²) < 4.78 is 54.5. The fraction of sp³-hybridized carbons (Fsp3) is 0.250. The quantitative estimate of drug-likeness (QED) is 0.582. The molecule has 0 bridgehead atoms. The Hall–Kier alpha value is -2.04. The molecule has 1 aliphatic heterocycles. The lowest BCUT2D eigenvalue weighted by molar-refractivity contribution is 0.455. The van der Waals surface area contributed by atoms with Crippen molar-refractivity contribution in [1.82, 2.24) is 0 Å². The summed E-state index contributed by atoms with van der Waals surface area (Å²) in [6.07, 6.45) is 1.44. The molecule has 0 N–H and O–H groups in total. The van der Waals surface area contributed by atoms with Crippen molar-refractivity contribution in [3.05, 3.63) is 58.7 Å². The van der Waals surface area contributed by atoms with Gasteiger partial charge >= 0.3 is 0 Å². The highest BCUT2D eigenvalue weighted by atomic mass is 19.2. The molecule has 0 aliphatic carbocycles. The smallest absolute Gasteiger partial charge is 0.185 e. The first-order valence-corrected chi connectivity index (χ1v) is 6.75. The molecule has 21 heavy (non-hydrogen) atoms. The third-order valence-corrected chi connectivity index (χ3v) is 3.81. The van der Waals surface area contributed by atoms with Gasteiger partial charge in [0.25, 0.3) is 0 Å². The van der Waals surface area contributed by atoms with Crippen LogP contribution in [0.3, 0.4) is 0 Å². The van der Waals surface area contributed by atoms with Crippen LogP contribution in [0.25, 0.3) is 0 Å². The molecule has 0 amide bonds. The number of hydrogen-bond donors (Lipinski definition) is 0. The molecular weight excluding hydrogens is 282 g/mol. The van der Waals surface area contributed by atoms with Crippen LogP contribution < -0.4 is 4.90 Å². The molecule has 0 saturated carbocycles. The normalized spacial score (nSPS) is 13.7. The average molecular weight is 295 g/mol. The molecule has 0 aromatic heterocycles. The molecule has 3 rings (SSSR count). The van der Waals surface area contributed by atoms with E-state index in [1.165, 1.54) is 4.90 Å². The van der Waals surface area contributed by atoms with Gasteiger partial charge in [-0.2, -0.15) is 0 Å². The van der Waals surface area contributed by atoms with Crippen molar-refractivity contribution in [2.45, 2.75) is 19.8 Å². The highest BCUT2D eigenvalue weighted by Crippen LogP contribution is 2.39. The van der Waals surface area contributed by atoms with Crippen LogP contribution in [0.2, 0.25) is 0 Å². The molecule has 0 unspecified atom stereocenters. The number of nitrogens with zero attached hydrogens (tertiary/aromatic N) is 1. The van der Waals surface area contributed by atoms with E-state index >= 15 is 0 Å². The predicted octanol–water partition coefficient (Wildman–Crippen LogP) is 4.50. The second-order valence-electron chi connectivity index (χ2n) is 5.04. The fourth-order valence-electron chi connectivity index (χ4n) is 2.70. The summed E-state index contributed by atoms with van der Waals surface area (Å²) in [6, 6.07) is 5.78. The maximum Gasteiger partial charge on any atom is 0.185 e. The van der Waals surface area contributed by atoms with E-state index in [9.17, 15) is 17.6 Å². The van der Waals surface area contributed by atoms with E-state index in [1.807, 2.05) is 19.1 Å². The maximum absolute atomic E-state index is 13.9. The number of halogens is 4. The highest BCUT2D eigenvalue weighted by molar-refractivity contribution is 5.71. The van der Waals surface area contributed by atoms with Crippen LogP contribution >= 0.6 is 0 Å². The Morgan fingerprint density at radius 2 is 1.67 bits per heavy atom. The second kappa shape index (κ2) is 5.06. The van der Waals surface area contributed by atoms with Crippen LogP contribution in [0.4, 0.5) is 28.9 Å². The zero-order chi connectivity index (χ0) is 15.1. The molecule has 1 nitrogen and oxygen atoms in total. The Labute approximate surface area is 119 Å². The van der Waals surface area contributed by atoms with E-state index < -0.39 is 29.0 Å². The number of rotatable bonds is 2. The lowest BCUT2D eigenvalue weighted by Crippen LogP contribution is -2.18. The van der Waals surface area contributed by atoms with Crippen LogP contribution in [-0.2, 0) is 12.8 Å². The Bertz CT molecular complexity index is 686. The average Bonchev–Trinajstić information content (AvgIpc) is 2.88. The minimum absolute atomic E-state index is 0.228. The first kappa shape index (κ1) is 13.9. The number of aryl methyl sites for hydroxylation is 1. The van der Waals surface area contributed by atoms with Gasteiger partial charge in [0.2, 0.25) is 0 Å². The summed E-state index contributed by atoms with van der Waals surface area (Å²) in [6.45, 7) is 2.30. The minimum atomic E-state index is -1.39. The molecule has 0 radical (unpaired) electrons. The van der Waals surface area contributed by atoms with Crippen molar-refractivity contribution in [2.24, 2.45) is 0 Å². The largest absolute Gasteiger partial charge is 0.336 e. The molecule has 0 saturated heterocycles. The van der Waals surface area contributed by atoms with Gasteiger partial charge in [-0.15, -0.1) is 0 Å². The van der Waals surface area contributed by atoms with Crippen molar-refractivity contribution < 1.29 is 17.6 Å². The Morgan fingerprint density at radius 3 is 2.29 bits per heavy atom. The third kappa shape index (κ3) is 2.17. The standard InChI is InChI=1S/C16H13F4N/c1-2-9-3-4-13-10(7-9)5-6-21(13)16-14(19)11(17)8-12(18)15(16)20/h3-4,7-8H,2,5-6H2,1H3. The zero-order valence-electron chi connectivity index (χ0n) is 11.4. The van der Waals surface area contributed by atoms with Crippen LogP contribution in [0, 0.1) is 23.3 Å². The summed E-state index contributed by atoms with van der Waals surface area (Å²) in [7, 11) is 0. The summed E-state index contributed by atoms with van der Waals surface area (Å²) in [5.41, 5.74) is 1.98. The van der Waals surface area contributed by atoms with Crippen molar-refractivity contribution in [1.29, 1.82) is 0 Å². The van der Waals surface area contributed by atoms with Gasteiger partial charge in [0.05, 0.1) is 0 Å². The molecule has 1 heterocycles. The van der Waals surface area contributed by atoms with Gasteiger partial charge in [-0.3, -0.25) is 0 Å². The van der Waals surface area contributed by atoms with Gasteiger partial charge in [0.1, 0.15) is 5.69 Å². The molecule has 0 fully saturated rings. The number of fused-ring (bicyclic) bond motifs is 1. The predicted molar refractivity (Wildman–Crippen MR) is 72.8 cm³/mol. The maximum atomic E-state index is 13.9. The zero-order valence-corrected chi connectivity index (χ0v) is 11.4. The van der Waals surface area contributed by atoms with Crippen LogP contribution in [0.5, 0.6) is 0 Å². The van der Waals surface area contributed by atoms with Crippen molar-refractivity contribution in [2.75, 3.05) is 11.4 Å². The van der Waals surface area contributed by atoms with E-state index in [-0.39, 0.29) is 6.07 Å². The van der Waals surface area contributed by atoms with Gasteiger partial charge < -0.3 is 4.90 Å². The van der Waals surface area contributed by atoms with Gasteiger partial charge in [-0.05, 0) is 30.0 Å². The molecule has 0 atom stereocenters. The van der Waals surface area contributed by atoms with Gasteiger partial charge in [0.15, 0.2) is 23.3 Å². The molecule has 2 aromatic carbocycles.